The van der Waals surface area contributed by atoms with Crippen LogP contribution in [0.3, 0.4) is 0 Å². The fraction of sp³-hybridized carbons (Fsp3) is 0.385. The number of nitrogens with two attached hydrogens (primary N) is 1. The summed E-state index contributed by atoms with van der Waals surface area (Å²) in [7, 11) is 0. The van der Waals surface area contributed by atoms with Crippen molar-refractivity contribution in [1.29, 1.82) is 0 Å². The molecule has 112 valence electrons. The topological polar surface area (TPSA) is 84.2 Å². The molecule has 2 amide bonds. The van der Waals surface area contributed by atoms with Gasteiger partial charge in [-0.05, 0) is 37.6 Å². The van der Waals surface area contributed by atoms with Crippen molar-refractivity contribution in [2.24, 2.45) is 5.73 Å². The first-order chi connectivity index (χ1) is 8.97. The monoisotopic (exact) mass is 363 g/mol. The molecule has 0 aliphatic heterocycles. The summed E-state index contributed by atoms with van der Waals surface area (Å²) in [5, 5.41) is 5.24. The molecule has 1 unspecified atom stereocenters. The summed E-state index contributed by atoms with van der Waals surface area (Å²) >= 11 is 3.31. The smallest absolute Gasteiger partial charge is 0.243 e. The first-order valence-electron chi connectivity index (χ1n) is 6.05. The van der Waals surface area contributed by atoms with E-state index in [1.54, 1.807) is 12.1 Å². The van der Waals surface area contributed by atoms with E-state index in [1.807, 2.05) is 19.1 Å². The fourth-order valence-corrected chi connectivity index (χ4v) is 1.63. The van der Waals surface area contributed by atoms with E-state index < -0.39 is 0 Å². The molecule has 0 heterocycles. The van der Waals surface area contributed by atoms with E-state index in [0.717, 1.165) is 4.47 Å². The lowest BCUT2D eigenvalue weighted by Gasteiger charge is -2.08. The number of anilines is 1. The van der Waals surface area contributed by atoms with Gasteiger partial charge in [0.1, 0.15) is 0 Å². The predicted molar refractivity (Wildman–Crippen MR) is 85.9 cm³/mol. The highest BCUT2D eigenvalue weighted by Gasteiger charge is 2.06. The Kier molecular flexibility index (Phi) is 9.20. The van der Waals surface area contributed by atoms with Crippen molar-refractivity contribution < 1.29 is 9.59 Å². The van der Waals surface area contributed by atoms with Crippen molar-refractivity contribution in [2.75, 3.05) is 11.9 Å². The molecule has 4 N–H and O–H groups in total. The van der Waals surface area contributed by atoms with Crippen molar-refractivity contribution in [3.05, 3.63) is 28.7 Å². The van der Waals surface area contributed by atoms with E-state index in [2.05, 4.69) is 26.6 Å². The average molecular weight is 365 g/mol. The Morgan fingerprint density at radius 1 is 1.25 bits per heavy atom. The minimum absolute atomic E-state index is 0. The second kappa shape index (κ2) is 9.74. The number of hydrogen-bond donors (Lipinski definition) is 3. The number of halogens is 2. The minimum atomic E-state index is -0.253. The maximum Gasteiger partial charge on any atom is 0.243 e. The Labute approximate surface area is 133 Å². The summed E-state index contributed by atoms with van der Waals surface area (Å²) in [5.41, 5.74) is 6.24. The van der Waals surface area contributed by atoms with Crippen molar-refractivity contribution in [3.63, 3.8) is 0 Å². The zero-order chi connectivity index (χ0) is 14.3. The quantitative estimate of drug-likeness (QED) is 0.722. The molecule has 0 aliphatic rings. The SMILES string of the molecule is CC(N)CCC(=O)NCC(=O)Nc1ccc(Br)cc1.Cl. The van der Waals surface area contributed by atoms with Gasteiger partial charge < -0.3 is 16.4 Å². The first-order valence-corrected chi connectivity index (χ1v) is 6.84. The van der Waals surface area contributed by atoms with E-state index in [4.69, 9.17) is 5.73 Å². The van der Waals surface area contributed by atoms with Crippen LogP contribution in [0.15, 0.2) is 28.7 Å². The lowest BCUT2D eigenvalue weighted by Crippen LogP contribution is -2.33. The maximum absolute atomic E-state index is 11.6. The second-order valence-electron chi connectivity index (χ2n) is 4.35. The van der Waals surface area contributed by atoms with Gasteiger partial charge in [-0.1, -0.05) is 15.9 Å². The fourth-order valence-electron chi connectivity index (χ4n) is 1.36. The summed E-state index contributed by atoms with van der Waals surface area (Å²) in [6.45, 7) is 1.81. The first kappa shape index (κ1) is 18.9. The third-order valence-electron chi connectivity index (χ3n) is 2.40. The molecule has 20 heavy (non-hydrogen) atoms. The number of hydrogen-bond acceptors (Lipinski definition) is 3. The van der Waals surface area contributed by atoms with Gasteiger partial charge in [-0.15, -0.1) is 12.4 Å². The van der Waals surface area contributed by atoms with Gasteiger partial charge in [-0.2, -0.15) is 0 Å². The molecular formula is C13H19BrClN3O2. The van der Waals surface area contributed by atoms with Gasteiger partial charge in [-0.25, -0.2) is 0 Å². The second-order valence-corrected chi connectivity index (χ2v) is 5.26. The zero-order valence-corrected chi connectivity index (χ0v) is 13.6. The van der Waals surface area contributed by atoms with E-state index in [9.17, 15) is 9.59 Å². The number of rotatable bonds is 6. The highest BCUT2D eigenvalue weighted by Crippen LogP contribution is 2.13. The molecule has 1 atom stereocenters. The molecular weight excluding hydrogens is 346 g/mol. The Morgan fingerprint density at radius 2 is 1.85 bits per heavy atom. The molecule has 0 radical (unpaired) electrons. The zero-order valence-electron chi connectivity index (χ0n) is 11.2. The van der Waals surface area contributed by atoms with Crippen LogP contribution < -0.4 is 16.4 Å². The number of benzene rings is 1. The molecule has 1 aromatic rings. The number of nitrogens with one attached hydrogen (secondary N) is 2. The summed E-state index contributed by atoms with van der Waals surface area (Å²) in [4.78, 5) is 23.0. The van der Waals surface area contributed by atoms with Crippen molar-refractivity contribution in [1.82, 2.24) is 5.32 Å². The molecule has 7 heteroatoms. The molecule has 1 aromatic carbocycles. The van der Waals surface area contributed by atoms with Gasteiger partial charge in [0.25, 0.3) is 0 Å². The Morgan fingerprint density at radius 3 is 2.40 bits per heavy atom. The van der Waals surface area contributed by atoms with Crippen molar-refractivity contribution >= 4 is 45.8 Å². The van der Waals surface area contributed by atoms with Crippen LogP contribution in [0.2, 0.25) is 0 Å². The summed E-state index contributed by atoms with van der Waals surface area (Å²) < 4.78 is 0.940. The lowest BCUT2D eigenvalue weighted by atomic mass is 10.2. The third kappa shape index (κ3) is 8.14. The van der Waals surface area contributed by atoms with Gasteiger partial charge >= 0.3 is 0 Å². The molecule has 0 saturated carbocycles. The van der Waals surface area contributed by atoms with Crippen LogP contribution in [0.25, 0.3) is 0 Å². The van der Waals surface area contributed by atoms with Crippen LogP contribution in [-0.4, -0.2) is 24.4 Å². The van der Waals surface area contributed by atoms with E-state index in [-0.39, 0.29) is 36.8 Å². The molecule has 0 bridgehead atoms. The Balaban J connectivity index is 0.00000361. The molecule has 5 nitrogen and oxygen atoms in total. The number of carbonyl (C=O) groups is 2. The molecule has 0 aliphatic carbocycles. The lowest BCUT2D eigenvalue weighted by molar-refractivity contribution is -0.124. The van der Waals surface area contributed by atoms with Crippen LogP contribution in [0.1, 0.15) is 19.8 Å². The summed E-state index contributed by atoms with van der Waals surface area (Å²) in [6, 6.07) is 7.20. The largest absolute Gasteiger partial charge is 0.347 e. The Bertz CT molecular complexity index is 438. The van der Waals surface area contributed by atoms with Crippen molar-refractivity contribution in [3.8, 4) is 0 Å². The number of carbonyl (C=O) groups excluding carboxylic acids is 2. The van der Waals surface area contributed by atoms with Crippen LogP contribution in [0, 0.1) is 0 Å². The highest BCUT2D eigenvalue weighted by molar-refractivity contribution is 9.10. The maximum atomic E-state index is 11.6. The molecule has 0 saturated heterocycles. The molecule has 1 rings (SSSR count). The normalized spacial score (nSPS) is 11.2. The Hall–Kier alpha value is -1.11. The highest BCUT2D eigenvalue weighted by atomic mass is 79.9. The standard InChI is InChI=1S/C13H18BrN3O2.ClH/c1-9(15)2-7-12(18)16-8-13(19)17-11-5-3-10(14)4-6-11;/h3-6,9H,2,7-8,15H2,1H3,(H,16,18)(H,17,19);1H. The third-order valence-corrected chi connectivity index (χ3v) is 2.93. The van der Waals surface area contributed by atoms with Crippen LogP contribution in [0.5, 0.6) is 0 Å². The van der Waals surface area contributed by atoms with Gasteiger partial charge in [0, 0.05) is 22.6 Å². The average Bonchev–Trinajstić information content (AvgIpc) is 2.36. The van der Waals surface area contributed by atoms with Gasteiger partial charge in [0.15, 0.2) is 0 Å². The minimum Gasteiger partial charge on any atom is -0.347 e. The van der Waals surface area contributed by atoms with Crippen molar-refractivity contribution in [2.45, 2.75) is 25.8 Å². The summed E-state index contributed by atoms with van der Waals surface area (Å²) in [6.07, 6.45) is 0.948. The van der Waals surface area contributed by atoms with Gasteiger partial charge in [0.2, 0.25) is 11.8 Å². The predicted octanol–water partition coefficient (Wildman–Crippen LogP) is 2.05. The van der Waals surface area contributed by atoms with Crippen LogP contribution >= 0.6 is 28.3 Å². The molecule has 0 fully saturated rings. The van der Waals surface area contributed by atoms with E-state index in [0.29, 0.717) is 18.5 Å². The van der Waals surface area contributed by atoms with Gasteiger partial charge in [0.05, 0.1) is 6.54 Å². The van der Waals surface area contributed by atoms with Crippen LogP contribution in [-0.2, 0) is 9.59 Å². The van der Waals surface area contributed by atoms with E-state index >= 15 is 0 Å². The van der Waals surface area contributed by atoms with Gasteiger partial charge in [-0.3, -0.25) is 9.59 Å². The number of amides is 2. The molecule has 0 aromatic heterocycles. The van der Waals surface area contributed by atoms with Crippen LogP contribution in [0.4, 0.5) is 5.69 Å². The molecule has 0 spiro atoms. The summed E-state index contributed by atoms with van der Waals surface area (Å²) in [5.74, 6) is -0.417. The van der Waals surface area contributed by atoms with E-state index in [1.165, 1.54) is 0 Å².